The number of fused-ring (bicyclic) bond motifs is 3. The third kappa shape index (κ3) is 6.00. The lowest BCUT2D eigenvalue weighted by Crippen LogP contribution is -2.58. The first-order valence-corrected chi connectivity index (χ1v) is 16.7. The van der Waals surface area contributed by atoms with Crippen LogP contribution >= 0.6 is 11.3 Å². The summed E-state index contributed by atoms with van der Waals surface area (Å²) in [6.45, 7) is 7.74. The molecule has 15 heteroatoms. The molecule has 0 aromatic carbocycles. The molecule has 3 aliphatic rings. The molecule has 3 fully saturated rings. The standard InChI is InChI=1S/C32H37N11O3S/c1-19(2)36-25-13-26(27-7-6-23-12-20(14-33)15-35-43(23)27)34-16-24(25)29-38-39-31(47-29)42-17-21-4-5-22(18-42)28(21)37-30(44)40-8-10-41(11-9-40)32(45)46-3/h6-7,12-13,15-16,19,21-22,28H,4-5,8-11,17-18H2,1-3H3,(H,34,36)(H,37,44). The monoisotopic (exact) mass is 655 g/mol. The fraction of sp³-hybridized carbons (Fsp3) is 0.469. The summed E-state index contributed by atoms with van der Waals surface area (Å²) < 4.78 is 6.60. The highest BCUT2D eigenvalue weighted by Gasteiger charge is 2.44. The topological polar surface area (TPSA) is 157 Å². The summed E-state index contributed by atoms with van der Waals surface area (Å²) in [4.78, 5) is 35.5. The highest BCUT2D eigenvalue weighted by Crippen LogP contribution is 2.41. The van der Waals surface area contributed by atoms with Gasteiger partial charge in [-0.3, -0.25) is 4.98 Å². The van der Waals surface area contributed by atoms with E-state index in [4.69, 9.17) is 9.72 Å². The molecule has 47 heavy (non-hydrogen) atoms. The van der Waals surface area contributed by atoms with E-state index in [2.05, 4.69) is 50.7 Å². The smallest absolute Gasteiger partial charge is 0.409 e. The SMILES string of the molecule is COC(=O)N1CCN(C(=O)NC2C3CCC2CN(c2nnc(-c4cnc(-c5ccc6cc(C#N)cnn56)cc4NC(C)C)s2)C3)CC1. The predicted molar refractivity (Wildman–Crippen MR) is 177 cm³/mol. The largest absolute Gasteiger partial charge is 0.453 e. The molecule has 3 amide bonds. The van der Waals surface area contributed by atoms with E-state index in [1.165, 1.54) is 7.11 Å². The molecule has 2 saturated heterocycles. The quantitative estimate of drug-likeness (QED) is 0.312. The number of nitrogens with zero attached hydrogens (tertiary/aromatic N) is 9. The Kier molecular flexibility index (Phi) is 8.27. The number of piperazine rings is 1. The first-order valence-electron chi connectivity index (χ1n) is 15.9. The average Bonchev–Trinajstić information content (AvgIpc) is 3.79. The van der Waals surface area contributed by atoms with Gasteiger partial charge < -0.3 is 30.1 Å². The van der Waals surface area contributed by atoms with Crippen LogP contribution < -0.4 is 15.5 Å². The van der Waals surface area contributed by atoms with Crippen molar-refractivity contribution in [2.75, 3.05) is 56.6 Å². The third-order valence-corrected chi connectivity index (χ3v) is 10.3. The molecule has 6 heterocycles. The minimum atomic E-state index is -0.351. The Morgan fingerprint density at radius 2 is 1.79 bits per heavy atom. The Labute approximate surface area is 276 Å². The number of amides is 3. The number of carbonyl (C=O) groups is 2. The number of hydrogen-bond donors (Lipinski definition) is 2. The second-order valence-corrected chi connectivity index (χ2v) is 13.6. The third-order valence-electron chi connectivity index (χ3n) is 9.28. The van der Waals surface area contributed by atoms with Crippen molar-refractivity contribution >= 4 is 39.8 Å². The Morgan fingerprint density at radius 1 is 1.04 bits per heavy atom. The number of ether oxygens (including phenoxy) is 1. The zero-order valence-electron chi connectivity index (χ0n) is 26.6. The van der Waals surface area contributed by atoms with Crippen LogP contribution in [-0.4, -0.2) is 105 Å². The molecule has 244 valence electrons. The molecule has 0 radical (unpaired) electrons. The fourth-order valence-electron chi connectivity index (χ4n) is 6.97. The number of anilines is 2. The Bertz CT molecular complexity index is 1830. The second-order valence-electron chi connectivity index (χ2n) is 12.6. The highest BCUT2D eigenvalue weighted by atomic mass is 32.1. The molecule has 4 aromatic rings. The lowest BCUT2D eigenvalue weighted by molar-refractivity contribution is 0.0955. The van der Waals surface area contributed by atoms with Crippen molar-refractivity contribution in [3.63, 3.8) is 0 Å². The summed E-state index contributed by atoms with van der Waals surface area (Å²) in [7, 11) is 1.38. The van der Waals surface area contributed by atoms with Gasteiger partial charge in [-0.1, -0.05) is 11.3 Å². The van der Waals surface area contributed by atoms with Crippen LogP contribution in [0.5, 0.6) is 0 Å². The molecule has 2 aliphatic heterocycles. The van der Waals surface area contributed by atoms with Crippen molar-refractivity contribution < 1.29 is 14.3 Å². The Morgan fingerprint density at radius 3 is 2.49 bits per heavy atom. The van der Waals surface area contributed by atoms with Gasteiger partial charge in [0.05, 0.1) is 41.3 Å². The van der Waals surface area contributed by atoms with E-state index in [-0.39, 0.29) is 24.2 Å². The van der Waals surface area contributed by atoms with E-state index in [0.29, 0.717) is 43.6 Å². The van der Waals surface area contributed by atoms with Gasteiger partial charge in [0.1, 0.15) is 6.07 Å². The van der Waals surface area contributed by atoms with Crippen molar-refractivity contribution in [3.05, 3.63) is 42.2 Å². The van der Waals surface area contributed by atoms with E-state index < -0.39 is 0 Å². The predicted octanol–water partition coefficient (Wildman–Crippen LogP) is 3.92. The zero-order chi connectivity index (χ0) is 32.7. The van der Waals surface area contributed by atoms with Crippen LogP contribution in [0.2, 0.25) is 0 Å². The number of nitrogens with one attached hydrogen (secondary N) is 2. The van der Waals surface area contributed by atoms with E-state index in [9.17, 15) is 14.9 Å². The first kappa shape index (κ1) is 30.7. The van der Waals surface area contributed by atoms with Gasteiger partial charge in [-0.2, -0.15) is 10.4 Å². The molecule has 1 aliphatic carbocycles. The number of piperidine rings is 1. The number of hydrogen-bond acceptors (Lipinski definition) is 11. The van der Waals surface area contributed by atoms with Crippen molar-refractivity contribution in [3.8, 4) is 28.0 Å². The van der Waals surface area contributed by atoms with Gasteiger partial charge in [0, 0.05) is 63.2 Å². The molecular weight excluding hydrogens is 618 g/mol. The summed E-state index contributed by atoms with van der Waals surface area (Å²) in [5, 5.41) is 31.5. The number of rotatable bonds is 6. The minimum Gasteiger partial charge on any atom is -0.453 e. The summed E-state index contributed by atoms with van der Waals surface area (Å²) >= 11 is 1.56. The van der Waals surface area contributed by atoms with E-state index in [1.54, 1.807) is 37.9 Å². The zero-order valence-corrected chi connectivity index (χ0v) is 27.4. The van der Waals surface area contributed by atoms with Crippen LogP contribution in [0.1, 0.15) is 32.3 Å². The number of pyridine rings is 1. The van der Waals surface area contributed by atoms with Gasteiger partial charge in [0.25, 0.3) is 0 Å². The van der Waals surface area contributed by atoms with Crippen molar-refractivity contribution in [2.24, 2.45) is 11.8 Å². The highest BCUT2D eigenvalue weighted by molar-refractivity contribution is 7.18. The van der Waals surface area contributed by atoms with Crippen LogP contribution in [0.15, 0.2) is 36.7 Å². The van der Waals surface area contributed by atoms with Crippen LogP contribution in [0, 0.1) is 23.2 Å². The van der Waals surface area contributed by atoms with E-state index in [1.807, 2.05) is 24.4 Å². The number of urea groups is 1. The maximum absolute atomic E-state index is 13.2. The summed E-state index contributed by atoms with van der Waals surface area (Å²) in [6.07, 6.45) is 5.16. The molecule has 7 rings (SSSR count). The van der Waals surface area contributed by atoms with Gasteiger partial charge in [-0.25, -0.2) is 14.1 Å². The number of methoxy groups -OCH3 is 1. The molecule has 4 aromatic heterocycles. The van der Waals surface area contributed by atoms with E-state index >= 15 is 0 Å². The molecule has 14 nitrogen and oxygen atoms in total. The molecular formula is C32H37N11O3S. The van der Waals surface area contributed by atoms with Gasteiger partial charge in [-0.15, -0.1) is 10.2 Å². The van der Waals surface area contributed by atoms with Crippen LogP contribution in [0.4, 0.5) is 20.4 Å². The maximum Gasteiger partial charge on any atom is 0.409 e. The van der Waals surface area contributed by atoms with Gasteiger partial charge in [0.2, 0.25) is 5.13 Å². The lowest BCUT2D eigenvalue weighted by Gasteiger charge is -2.40. The maximum atomic E-state index is 13.2. The molecule has 1 saturated carbocycles. The van der Waals surface area contributed by atoms with Gasteiger partial charge in [0.15, 0.2) is 5.01 Å². The van der Waals surface area contributed by atoms with Crippen LogP contribution in [-0.2, 0) is 4.74 Å². The number of aromatic nitrogens is 5. The normalized spacial score (nSPS) is 20.8. The van der Waals surface area contributed by atoms with Gasteiger partial charge >= 0.3 is 12.1 Å². The van der Waals surface area contributed by atoms with Crippen molar-refractivity contribution in [1.82, 2.24) is 39.9 Å². The van der Waals surface area contributed by atoms with Crippen molar-refractivity contribution in [2.45, 2.75) is 38.8 Å². The lowest BCUT2D eigenvalue weighted by atomic mass is 9.92. The molecule has 2 unspecified atom stereocenters. The van der Waals surface area contributed by atoms with E-state index in [0.717, 1.165) is 64.2 Å². The second kappa shape index (κ2) is 12.7. The molecule has 2 N–H and O–H groups in total. The van der Waals surface area contributed by atoms with Crippen LogP contribution in [0.25, 0.3) is 27.5 Å². The summed E-state index contributed by atoms with van der Waals surface area (Å²) in [5.74, 6) is 0.658. The van der Waals surface area contributed by atoms with Crippen molar-refractivity contribution in [1.29, 1.82) is 5.26 Å². The fourth-order valence-corrected chi connectivity index (χ4v) is 7.86. The summed E-state index contributed by atoms with van der Waals surface area (Å²) in [5.41, 5.74) is 4.70. The molecule has 2 bridgehead atoms. The average molecular weight is 656 g/mol. The molecule has 0 spiro atoms. The first-order chi connectivity index (χ1) is 22.8. The molecule has 2 atom stereocenters. The Hall–Kier alpha value is -4.97. The van der Waals surface area contributed by atoms with Crippen LogP contribution in [0.3, 0.4) is 0 Å². The summed E-state index contributed by atoms with van der Waals surface area (Å²) in [6, 6.07) is 10.1. The number of carbonyl (C=O) groups excluding carboxylic acids is 2. The number of nitriles is 1. The Balaban J connectivity index is 1.05. The van der Waals surface area contributed by atoms with Gasteiger partial charge in [-0.05, 0) is 62.8 Å². The minimum absolute atomic E-state index is 0.0555.